The van der Waals surface area contributed by atoms with E-state index >= 15 is 0 Å². The predicted octanol–water partition coefficient (Wildman–Crippen LogP) is 6.73. The van der Waals surface area contributed by atoms with E-state index in [-0.39, 0.29) is 17.2 Å². The van der Waals surface area contributed by atoms with Crippen LogP contribution in [0.5, 0.6) is 28.7 Å². The molecule has 0 amide bonds. The van der Waals surface area contributed by atoms with Crippen LogP contribution in [0.15, 0.2) is 114 Å². The van der Waals surface area contributed by atoms with Crippen molar-refractivity contribution >= 4 is 15.9 Å². The van der Waals surface area contributed by atoms with E-state index in [0.717, 1.165) is 10.2 Å². The first-order chi connectivity index (χ1) is 14.0. The second-order valence-electron chi connectivity index (χ2n) is 5.73. The molecule has 29 heavy (non-hydrogen) atoms. The molecule has 0 aliphatic heterocycles. The van der Waals surface area contributed by atoms with Crippen LogP contribution >= 0.6 is 15.9 Å². The van der Waals surface area contributed by atoms with E-state index in [1.807, 2.05) is 60.7 Å². The van der Waals surface area contributed by atoms with E-state index in [4.69, 9.17) is 14.9 Å². The fourth-order valence-corrected chi connectivity index (χ4v) is 2.38. The highest BCUT2D eigenvalue weighted by atomic mass is 79.9. The molecule has 0 aromatic heterocycles. The fraction of sp³-hybridized carbons (Fsp3) is 0. The van der Waals surface area contributed by atoms with Crippen LogP contribution in [0.3, 0.4) is 0 Å². The van der Waals surface area contributed by atoms with Gasteiger partial charge < -0.3 is 20.1 Å². The molecule has 148 valence electrons. The molecule has 0 fully saturated rings. The molecule has 0 spiro atoms. The number of halogens is 1. The molecule has 0 bridgehead atoms. The maximum Gasteiger partial charge on any atom is 0.131 e. The van der Waals surface area contributed by atoms with E-state index in [0.29, 0.717) is 5.75 Å². The van der Waals surface area contributed by atoms with Crippen LogP contribution in [-0.4, -0.2) is 15.3 Å². The number of aromatic hydroxyl groups is 3. The number of hydrogen-bond donors (Lipinski definition) is 3. The quantitative estimate of drug-likeness (QED) is 0.315. The number of ether oxygens (including phenoxy) is 1. The van der Waals surface area contributed by atoms with Crippen molar-refractivity contribution in [1.82, 2.24) is 0 Å². The fourth-order valence-electron chi connectivity index (χ4n) is 2.08. The van der Waals surface area contributed by atoms with Gasteiger partial charge in [0.25, 0.3) is 0 Å². The summed E-state index contributed by atoms with van der Waals surface area (Å²) in [6.07, 6.45) is 0. The van der Waals surface area contributed by atoms with Gasteiger partial charge >= 0.3 is 0 Å². The van der Waals surface area contributed by atoms with E-state index in [2.05, 4.69) is 15.9 Å². The molecule has 4 nitrogen and oxygen atoms in total. The Labute approximate surface area is 178 Å². The maximum absolute atomic E-state index is 9.21. The van der Waals surface area contributed by atoms with Gasteiger partial charge in [0.2, 0.25) is 0 Å². The Bertz CT molecular complexity index is 959. The molecule has 0 unspecified atom stereocenters. The average Bonchev–Trinajstić information content (AvgIpc) is 2.70. The zero-order valence-corrected chi connectivity index (χ0v) is 17.1. The summed E-state index contributed by atoms with van der Waals surface area (Å²) in [6.45, 7) is 0. The number of phenolic OH excluding ortho intramolecular Hbond substituents is 3. The molecule has 0 saturated carbocycles. The van der Waals surface area contributed by atoms with Gasteiger partial charge in [-0.25, -0.2) is 0 Å². The third-order valence-electron chi connectivity index (χ3n) is 3.36. The normalized spacial score (nSPS) is 9.28. The van der Waals surface area contributed by atoms with Gasteiger partial charge in [-0.05, 0) is 48.5 Å². The van der Waals surface area contributed by atoms with Gasteiger partial charge in [-0.3, -0.25) is 0 Å². The number of hydrogen-bond acceptors (Lipinski definition) is 4. The lowest BCUT2D eigenvalue weighted by atomic mass is 10.3. The van der Waals surface area contributed by atoms with Gasteiger partial charge in [0, 0.05) is 16.6 Å². The molecule has 0 aliphatic carbocycles. The Kier molecular flexibility index (Phi) is 9.12. The first kappa shape index (κ1) is 21.9. The summed E-state index contributed by atoms with van der Waals surface area (Å²) in [7, 11) is 0. The summed E-state index contributed by atoms with van der Waals surface area (Å²) >= 11 is 3.31. The largest absolute Gasteiger partial charge is 0.508 e. The van der Waals surface area contributed by atoms with Crippen molar-refractivity contribution in [1.29, 1.82) is 0 Å². The highest BCUT2D eigenvalue weighted by molar-refractivity contribution is 9.10. The van der Waals surface area contributed by atoms with Gasteiger partial charge in [-0.1, -0.05) is 64.5 Å². The van der Waals surface area contributed by atoms with Crippen molar-refractivity contribution in [3.05, 3.63) is 114 Å². The van der Waals surface area contributed by atoms with Gasteiger partial charge in [-0.15, -0.1) is 0 Å². The van der Waals surface area contributed by atoms with E-state index < -0.39 is 0 Å². The van der Waals surface area contributed by atoms with Gasteiger partial charge in [0.05, 0.1) is 0 Å². The summed E-state index contributed by atoms with van der Waals surface area (Å²) in [5.74, 6) is 1.78. The Morgan fingerprint density at radius 2 is 0.931 bits per heavy atom. The lowest BCUT2D eigenvalue weighted by molar-refractivity contribution is 0.450. The summed E-state index contributed by atoms with van der Waals surface area (Å²) in [5.41, 5.74) is 0. The number of rotatable bonds is 2. The molecular formula is C24H21BrO4. The first-order valence-electron chi connectivity index (χ1n) is 8.73. The highest BCUT2D eigenvalue weighted by Crippen LogP contribution is 2.23. The number of para-hydroxylation sites is 1. The van der Waals surface area contributed by atoms with Crippen LogP contribution in [0.25, 0.3) is 0 Å². The maximum atomic E-state index is 9.21. The van der Waals surface area contributed by atoms with Crippen molar-refractivity contribution < 1.29 is 20.1 Å². The Morgan fingerprint density at radius 1 is 0.483 bits per heavy atom. The number of benzene rings is 4. The third-order valence-corrected chi connectivity index (χ3v) is 3.89. The molecule has 4 aromatic carbocycles. The highest BCUT2D eigenvalue weighted by Gasteiger charge is 1.96. The van der Waals surface area contributed by atoms with Crippen molar-refractivity contribution in [3.63, 3.8) is 0 Å². The van der Waals surface area contributed by atoms with Crippen LogP contribution in [0.1, 0.15) is 0 Å². The lowest BCUT2D eigenvalue weighted by Crippen LogP contribution is -1.82. The predicted molar refractivity (Wildman–Crippen MR) is 119 cm³/mol. The van der Waals surface area contributed by atoms with Crippen LogP contribution < -0.4 is 4.74 Å². The Hall–Kier alpha value is -3.44. The smallest absolute Gasteiger partial charge is 0.131 e. The molecule has 3 N–H and O–H groups in total. The van der Waals surface area contributed by atoms with Crippen molar-refractivity contribution in [2.75, 3.05) is 0 Å². The molecule has 4 rings (SSSR count). The van der Waals surface area contributed by atoms with Crippen LogP contribution in [-0.2, 0) is 0 Å². The SMILES string of the molecule is Brc1ccccc1.Oc1cccc(O)c1.Oc1cccc(Oc2ccccc2)c1. The van der Waals surface area contributed by atoms with Gasteiger partial charge in [0.15, 0.2) is 0 Å². The molecule has 0 heterocycles. The van der Waals surface area contributed by atoms with Crippen LogP contribution in [0.4, 0.5) is 0 Å². The Balaban J connectivity index is 0.000000170. The average molecular weight is 453 g/mol. The molecule has 0 aliphatic rings. The van der Waals surface area contributed by atoms with Crippen LogP contribution in [0.2, 0.25) is 0 Å². The third kappa shape index (κ3) is 9.35. The van der Waals surface area contributed by atoms with Gasteiger partial charge in [-0.2, -0.15) is 0 Å². The first-order valence-corrected chi connectivity index (χ1v) is 9.53. The van der Waals surface area contributed by atoms with E-state index in [9.17, 15) is 5.11 Å². The second-order valence-corrected chi connectivity index (χ2v) is 6.64. The van der Waals surface area contributed by atoms with Gasteiger partial charge in [0.1, 0.15) is 28.7 Å². The van der Waals surface area contributed by atoms with Crippen molar-refractivity contribution in [2.45, 2.75) is 0 Å². The summed E-state index contributed by atoms with van der Waals surface area (Å²) in [5, 5.41) is 26.5. The minimum atomic E-state index is 0.0880. The summed E-state index contributed by atoms with van der Waals surface area (Å²) in [6, 6.07) is 32.0. The summed E-state index contributed by atoms with van der Waals surface area (Å²) in [4.78, 5) is 0. The minimum absolute atomic E-state index is 0.0880. The second kappa shape index (κ2) is 12.1. The molecule has 0 atom stereocenters. The monoisotopic (exact) mass is 452 g/mol. The minimum Gasteiger partial charge on any atom is -0.508 e. The standard InChI is InChI=1S/C12H10O2.C6H5Br.C6H6O2/c13-10-5-4-8-12(9-10)14-11-6-2-1-3-7-11;7-6-4-2-1-3-5-6;7-5-2-1-3-6(8)4-5/h1-9,13H;1-5H;1-4,7-8H. The lowest BCUT2D eigenvalue weighted by Gasteiger charge is -2.04. The van der Waals surface area contributed by atoms with Crippen LogP contribution in [0, 0.1) is 0 Å². The van der Waals surface area contributed by atoms with Crippen molar-refractivity contribution in [2.24, 2.45) is 0 Å². The molecule has 0 saturated heterocycles. The number of phenols is 3. The molecule has 4 aromatic rings. The zero-order chi connectivity index (χ0) is 20.9. The zero-order valence-electron chi connectivity index (χ0n) is 15.5. The topological polar surface area (TPSA) is 69.9 Å². The van der Waals surface area contributed by atoms with E-state index in [1.54, 1.807) is 30.3 Å². The molecule has 0 radical (unpaired) electrons. The Morgan fingerprint density at radius 3 is 1.34 bits per heavy atom. The van der Waals surface area contributed by atoms with Crippen molar-refractivity contribution in [3.8, 4) is 28.7 Å². The summed E-state index contributed by atoms with van der Waals surface area (Å²) < 4.78 is 6.63. The molecule has 5 heteroatoms. The molecular weight excluding hydrogens is 432 g/mol. The van der Waals surface area contributed by atoms with E-state index in [1.165, 1.54) is 18.2 Å².